The molecule has 0 spiro atoms. The van der Waals surface area contributed by atoms with E-state index in [9.17, 15) is 4.79 Å². The zero-order chi connectivity index (χ0) is 21.7. The van der Waals surface area contributed by atoms with Crippen LogP contribution in [0, 0.1) is 0 Å². The average molecular weight is 467 g/mol. The van der Waals surface area contributed by atoms with E-state index in [0.29, 0.717) is 45.0 Å². The van der Waals surface area contributed by atoms with E-state index in [2.05, 4.69) is 10.1 Å². The third-order valence-electron chi connectivity index (χ3n) is 5.42. The molecule has 1 fully saturated rings. The summed E-state index contributed by atoms with van der Waals surface area (Å²) in [5.74, 6) is 2.65. The van der Waals surface area contributed by atoms with Crippen molar-refractivity contribution in [2.24, 2.45) is 0 Å². The zero-order valence-corrected chi connectivity index (χ0v) is 18.7. The molecule has 1 aliphatic heterocycles. The summed E-state index contributed by atoms with van der Waals surface area (Å²) in [6.07, 6.45) is 3.98. The third kappa shape index (κ3) is 3.53. The van der Waals surface area contributed by atoms with Crippen molar-refractivity contribution in [1.29, 1.82) is 0 Å². The Bertz CT molecular complexity index is 1380. The van der Waals surface area contributed by atoms with Gasteiger partial charge < -0.3 is 14.0 Å². The van der Waals surface area contributed by atoms with E-state index >= 15 is 0 Å². The van der Waals surface area contributed by atoms with Crippen LogP contribution in [0.4, 0.5) is 0 Å². The van der Waals surface area contributed by atoms with Crippen LogP contribution in [0.5, 0.6) is 11.5 Å². The normalized spacial score (nSPS) is 14.9. The SMILES string of the molecule is CSc1ccc(-c2noc(CSc3nc4cc5c(cc4c(=O)n3C3CC3)OCO5)n2)cc1. The number of rotatable bonds is 6. The minimum atomic E-state index is -0.0570. The molecule has 0 unspecified atom stereocenters. The highest BCUT2D eigenvalue weighted by molar-refractivity contribution is 7.98. The van der Waals surface area contributed by atoms with Crippen molar-refractivity contribution in [3.8, 4) is 22.9 Å². The van der Waals surface area contributed by atoms with E-state index in [1.165, 1.54) is 16.7 Å². The van der Waals surface area contributed by atoms with Gasteiger partial charge in [-0.1, -0.05) is 16.9 Å². The Morgan fingerprint density at radius 1 is 1.09 bits per heavy atom. The monoisotopic (exact) mass is 466 g/mol. The molecule has 2 aromatic carbocycles. The van der Waals surface area contributed by atoms with Crippen molar-refractivity contribution in [3.05, 3.63) is 52.6 Å². The van der Waals surface area contributed by atoms with Crippen LogP contribution in [0.15, 0.2) is 55.8 Å². The zero-order valence-electron chi connectivity index (χ0n) is 17.1. The number of hydrogen-bond acceptors (Lipinski definition) is 9. The molecule has 162 valence electrons. The molecule has 4 aromatic rings. The molecule has 1 saturated carbocycles. The molecule has 1 aliphatic carbocycles. The van der Waals surface area contributed by atoms with Gasteiger partial charge in [0.2, 0.25) is 18.5 Å². The lowest BCUT2D eigenvalue weighted by atomic mass is 10.2. The molecule has 8 nitrogen and oxygen atoms in total. The summed E-state index contributed by atoms with van der Waals surface area (Å²) >= 11 is 3.11. The Hall–Kier alpha value is -2.98. The van der Waals surface area contributed by atoms with Crippen LogP contribution < -0.4 is 15.0 Å². The molecular weight excluding hydrogens is 448 g/mol. The number of aromatic nitrogens is 4. The van der Waals surface area contributed by atoms with Crippen LogP contribution in [0.2, 0.25) is 0 Å². The summed E-state index contributed by atoms with van der Waals surface area (Å²) < 4.78 is 18.1. The Balaban J connectivity index is 1.29. The lowest BCUT2D eigenvalue weighted by Gasteiger charge is -2.12. The minimum absolute atomic E-state index is 0.0570. The molecule has 0 N–H and O–H groups in total. The highest BCUT2D eigenvalue weighted by atomic mass is 32.2. The van der Waals surface area contributed by atoms with E-state index < -0.39 is 0 Å². The Kier molecular flexibility index (Phi) is 4.83. The fourth-order valence-corrected chi connectivity index (χ4v) is 4.93. The highest BCUT2D eigenvalue weighted by Gasteiger charge is 2.29. The molecule has 0 saturated heterocycles. The van der Waals surface area contributed by atoms with Gasteiger partial charge >= 0.3 is 0 Å². The molecule has 2 aliphatic rings. The van der Waals surface area contributed by atoms with Crippen molar-refractivity contribution in [3.63, 3.8) is 0 Å². The number of thioether (sulfide) groups is 2. The van der Waals surface area contributed by atoms with E-state index in [0.717, 1.165) is 18.4 Å². The van der Waals surface area contributed by atoms with Crippen LogP contribution in [0.25, 0.3) is 22.3 Å². The van der Waals surface area contributed by atoms with Gasteiger partial charge in [-0.2, -0.15) is 4.98 Å². The first-order valence-electron chi connectivity index (χ1n) is 10.2. The first-order chi connectivity index (χ1) is 15.7. The van der Waals surface area contributed by atoms with Crippen molar-refractivity contribution < 1.29 is 14.0 Å². The second-order valence-corrected chi connectivity index (χ2v) is 9.37. The Morgan fingerprint density at radius 2 is 1.88 bits per heavy atom. The van der Waals surface area contributed by atoms with Gasteiger partial charge in [0.05, 0.1) is 16.7 Å². The van der Waals surface area contributed by atoms with Crippen molar-refractivity contribution in [2.45, 2.75) is 34.7 Å². The first-order valence-corrected chi connectivity index (χ1v) is 12.4. The minimum Gasteiger partial charge on any atom is -0.454 e. The van der Waals surface area contributed by atoms with Crippen LogP contribution in [0.1, 0.15) is 24.8 Å². The van der Waals surface area contributed by atoms with Crippen LogP contribution >= 0.6 is 23.5 Å². The molecule has 3 heterocycles. The number of ether oxygens (including phenoxy) is 2. The number of fused-ring (bicyclic) bond motifs is 2. The predicted molar refractivity (Wildman–Crippen MR) is 121 cm³/mol. The van der Waals surface area contributed by atoms with E-state index in [1.807, 2.05) is 30.5 Å². The molecule has 10 heteroatoms. The number of hydrogen-bond donors (Lipinski definition) is 0. The summed E-state index contributed by atoms with van der Waals surface area (Å²) in [6.45, 7) is 0.156. The molecule has 0 radical (unpaired) electrons. The van der Waals surface area contributed by atoms with Gasteiger partial charge in [-0.05, 0) is 49.4 Å². The smallest absolute Gasteiger partial charge is 0.262 e. The molecule has 0 bridgehead atoms. The lowest BCUT2D eigenvalue weighted by Crippen LogP contribution is -2.22. The molecular formula is C22H18N4O4S2. The maximum absolute atomic E-state index is 13.2. The fourth-order valence-electron chi connectivity index (χ4n) is 3.62. The molecule has 32 heavy (non-hydrogen) atoms. The second-order valence-electron chi connectivity index (χ2n) is 7.55. The molecule has 0 amide bonds. The first kappa shape index (κ1) is 19.7. The van der Waals surface area contributed by atoms with Gasteiger partial charge in [-0.3, -0.25) is 9.36 Å². The van der Waals surface area contributed by atoms with Crippen molar-refractivity contribution >= 4 is 34.4 Å². The lowest BCUT2D eigenvalue weighted by molar-refractivity contribution is 0.174. The van der Waals surface area contributed by atoms with Gasteiger partial charge in [0.25, 0.3) is 5.56 Å². The summed E-state index contributed by atoms with van der Waals surface area (Å²) in [5, 5.41) is 5.29. The maximum atomic E-state index is 13.2. The molecule has 2 aromatic heterocycles. The number of nitrogens with zero attached hydrogens (tertiary/aromatic N) is 4. The average Bonchev–Trinajstić information content (AvgIpc) is 3.35. The van der Waals surface area contributed by atoms with Gasteiger partial charge in [0.15, 0.2) is 16.7 Å². The van der Waals surface area contributed by atoms with Crippen molar-refractivity contribution in [2.75, 3.05) is 13.0 Å². The Labute approximate surface area is 191 Å². The van der Waals surface area contributed by atoms with Gasteiger partial charge in [0.1, 0.15) is 0 Å². The van der Waals surface area contributed by atoms with Gasteiger partial charge in [-0.25, -0.2) is 4.98 Å². The van der Waals surface area contributed by atoms with Crippen LogP contribution in [0.3, 0.4) is 0 Å². The largest absolute Gasteiger partial charge is 0.454 e. The quantitative estimate of drug-likeness (QED) is 0.300. The van der Waals surface area contributed by atoms with Gasteiger partial charge in [-0.15, -0.1) is 11.8 Å². The highest BCUT2D eigenvalue weighted by Crippen LogP contribution is 2.39. The maximum Gasteiger partial charge on any atom is 0.262 e. The summed E-state index contributed by atoms with van der Waals surface area (Å²) in [7, 11) is 0. The van der Waals surface area contributed by atoms with E-state index in [-0.39, 0.29) is 18.4 Å². The summed E-state index contributed by atoms with van der Waals surface area (Å²) in [6, 6.07) is 11.7. The topological polar surface area (TPSA) is 92.3 Å². The Morgan fingerprint density at radius 3 is 2.62 bits per heavy atom. The van der Waals surface area contributed by atoms with Crippen molar-refractivity contribution in [1.82, 2.24) is 19.7 Å². The fraction of sp³-hybridized carbons (Fsp3) is 0.273. The van der Waals surface area contributed by atoms with E-state index in [1.54, 1.807) is 28.5 Å². The molecule has 0 atom stereocenters. The van der Waals surface area contributed by atoms with Crippen LogP contribution in [-0.4, -0.2) is 32.7 Å². The standard InChI is InChI=1S/C22H18N4O4S2/c1-31-14-6-2-12(3-7-14)20-24-19(30-25-20)10-32-22-23-16-9-18-17(28-11-29-18)8-15(16)21(27)26(22)13-4-5-13/h2-3,6-9,13H,4-5,10-11H2,1H3. The third-order valence-corrected chi connectivity index (χ3v) is 7.10. The number of benzene rings is 2. The van der Waals surface area contributed by atoms with E-state index in [4.69, 9.17) is 19.0 Å². The molecule has 6 rings (SSSR count). The summed E-state index contributed by atoms with van der Waals surface area (Å²) in [4.78, 5) is 23.7. The predicted octanol–water partition coefficient (Wildman–Crippen LogP) is 4.52. The van der Waals surface area contributed by atoms with Crippen LogP contribution in [-0.2, 0) is 5.75 Å². The second kappa shape index (κ2) is 7.86. The van der Waals surface area contributed by atoms with Gasteiger partial charge in [0, 0.05) is 22.6 Å². The summed E-state index contributed by atoms with van der Waals surface area (Å²) in [5.41, 5.74) is 1.44.